The van der Waals surface area contributed by atoms with E-state index in [1.165, 1.54) is 25.3 Å². The molecule has 1 rings (SSSR count). The standard InChI is InChI=1S/C18H26F2N2O4/c1-10(2)8-15(23)22-16(11(3)4)17(24)21-12-6-7-13(25-5)14(9-12)26-18(19)20/h6-7,9-11,16,18H,8H2,1-5H3,(H,21,24)(H,22,23). The summed E-state index contributed by atoms with van der Waals surface area (Å²) in [5.41, 5.74) is 0.259. The molecule has 0 spiro atoms. The third-order valence-corrected chi connectivity index (χ3v) is 3.51. The van der Waals surface area contributed by atoms with Crippen molar-refractivity contribution in [3.05, 3.63) is 18.2 Å². The Labute approximate surface area is 152 Å². The molecule has 0 radical (unpaired) electrons. The Balaban J connectivity index is 2.90. The summed E-state index contributed by atoms with van der Waals surface area (Å²) in [6.07, 6.45) is 0.311. The highest BCUT2D eigenvalue weighted by atomic mass is 19.3. The predicted molar refractivity (Wildman–Crippen MR) is 94.5 cm³/mol. The van der Waals surface area contributed by atoms with Gasteiger partial charge < -0.3 is 20.1 Å². The summed E-state index contributed by atoms with van der Waals surface area (Å²) in [7, 11) is 1.32. The van der Waals surface area contributed by atoms with Crippen LogP contribution in [0.15, 0.2) is 18.2 Å². The molecule has 0 aliphatic carbocycles. The molecule has 0 bridgehead atoms. The van der Waals surface area contributed by atoms with Crippen LogP contribution in [0.25, 0.3) is 0 Å². The first-order valence-corrected chi connectivity index (χ1v) is 8.37. The highest BCUT2D eigenvalue weighted by molar-refractivity contribution is 5.97. The fourth-order valence-electron chi connectivity index (χ4n) is 2.30. The second kappa shape index (κ2) is 9.94. The number of carbonyl (C=O) groups excluding carboxylic acids is 2. The van der Waals surface area contributed by atoms with Crippen molar-refractivity contribution >= 4 is 17.5 Å². The van der Waals surface area contributed by atoms with Crippen LogP contribution in [-0.4, -0.2) is 31.6 Å². The summed E-state index contributed by atoms with van der Waals surface area (Å²) < 4.78 is 34.3. The van der Waals surface area contributed by atoms with Gasteiger partial charge in [-0.2, -0.15) is 8.78 Å². The Bertz CT molecular complexity index is 621. The van der Waals surface area contributed by atoms with Gasteiger partial charge in [0.15, 0.2) is 11.5 Å². The molecule has 0 aromatic heterocycles. The summed E-state index contributed by atoms with van der Waals surface area (Å²) in [5.74, 6) is -0.711. The molecule has 0 saturated heterocycles. The second-order valence-corrected chi connectivity index (χ2v) is 6.62. The summed E-state index contributed by atoms with van der Waals surface area (Å²) >= 11 is 0. The van der Waals surface area contributed by atoms with E-state index in [0.717, 1.165) is 0 Å². The van der Waals surface area contributed by atoms with Gasteiger partial charge in [0.25, 0.3) is 0 Å². The third kappa shape index (κ3) is 6.85. The Hall–Kier alpha value is -2.38. The number of methoxy groups -OCH3 is 1. The molecule has 2 amide bonds. The highest BCUT2D eigenvalue weighted by Gasteiger charge is 2.25. The molecule has 26 heavy (non-hydrogen) atoms. The number of amides is 2. The molecule has 0 heterocycles. The highest BCUT2D eigenvalue weighted by Crippen LogP contribution is 2.31. The van der Waals surface area contributed by atoms with Crippen LogP contribution < -0.4 is 20.1 Å². The van der Waals surface area contributed by atoms with Gasteiger partial charge in [-0.05, 0) is 24.0 Å². The minimum absolute atomic E-state index is 0.119. The normalized spacial score (nSPS) is 12.2. The van der Waals surface area contributed by atoms with Gasteiger partial charge in [-0.3, -0.25) is 9.59 Å². The van der Waals surface area contributed by atoms with Gasteiger partial charge in [0, 0.05) is 18.2 Å². The smallest absolute Gasteiger partial charge is 0.387 e. The van der Waals surface area contributed by atoms with Crippen LogP contribution in [0.3, 0.4) is 0 Å². The molecular weight excluding hydrogens is 346 g/mol. The van der Waals surface area contributed by atoms with Crippen LogP contribution in [0.2, 0.25) is 0 Å². The van der Waals surface area contributed by atoms with Crippen molar-refractivity contribution in [1.29, 1.82) is 0 Å². The van der Waals surface area contributed by atoms with Crippen molar-refractivity contribution in [3.63, 3.8) is 0 Å². The number of halogens is 2. The molecule has 0 aliphatic heterocycles. The molecule has 146 valence electrons. The molecule has 1 aromatic rings. The molecule has 1 atom stereocenters. The van der Waals surface area contributed by atoms with Crippen molar-refractivity contribution in [2.24, 2.45) is 11.8 Å². The maximum Gasteiger partial charge on any atom is 0.387 e. The average Bonchev–Trinajstić information content (AvgIpc) is 2.51. The molecule has 2 N–H and O–H groups in total. The molecule has 0 fully saturated rings. The first-order valence-electron chi connectivity index (χ1n) is 8.37. The van der Waals surface area contributed by atoms with Crippen LogP contribution in [0, 0.1) is 11.8 Å². The van der Waals surface area contributed by atoms with Crippen molar-refractivity contribution in [2.45, 2.75) is 46.8 Å². The van der Waals surface area contributed by atoms with Gasteiger partial charge in [-0.25, -0.2) is 0 Å². The van der Waals surface area contributed by atoms with Crippen LogP contribution in [0.4, 0.5) is 14.5 Å². The summed E-state index contributed by atoms with van der Waals surface area (Å²) in [4.78, 5) is 24.5. The van der Waals surface area contributed by atoms with Crippen LogP contribution in [0.5, 0.6) is 11.5 Å². The molecule has 1 unspecified atom stereocenters. The van der Waals surface area contributed by atoms with Gasteiger partial charge in [-0.15, -0.1) is 0 Å². The van der Waals surface area contributed by atoms with Crippen molar-refractivity contribution in [2.75, 3.05) is 12.4 Å². The predicted octanol–water partition coefficient (Wildman–Crippen LogP) is 3.42. The third-order valence-electron chi connectivity index (χ3n) is 3.51. The van der Waals surface area contributed by atoms with E-state index < -0.39 is 18.6 Å². The molecule has 0 aliphatic rings. The molecular formula is C18H26F2N2O4. The molecule has 8 heteroatoms. The van der Waals surface area contributed by atoms with Crippen molar-refractivity contribution in [3.8, 4) is 11.5 Å². The van der Waals surface area contributed by atoms with Gasteiger partial charge in [0.1, 0.15) is 6.04 Å². The second-order valence-electron chi connectivity index (χ2n) is 6.62. The Kier molecular flexibility index (Phi) is 8.28. The van der Waals surface area contributed by atoms with Gasteiger partial charge >= 0.3 is 6.61 Å². The summed E-state index contributed by atoms with van der Waals surface area (Å²) in [6, 6.07) is 3.41. The lowest BCUT2D eigenvalue weighted by atomic mass is 10.0. The number of hydrogen-bond donors (Lipinski definition) is 2. The van der Waals surface area contributed by atoms with E-state index in [0.29, 0.717) is 6.42 Å². The maximum atomic E-state index is 12.5. The lowest BCUT2D eigenvalue weighted by molar-refractivity contribution is -0.127. The van der Waals surface area contributed by atoms with Crippen LogP contribution in [0.1, 0.15) is 34.1 Å². The lowest BCUT2D eigenvalue weighted by Gasteiger charge is -2.22. The van der Waals surface area contributed by atoms with Gasteiger partial charge in [0.05, 0.1) is 7.11 Å². The number of nitrogens with one attached hydrogen (secondary N) is 2. The molecule has 6 nitrogen and oxygen atoms in total. The monoisotopic (exact) mass is 372 g/mol. The SMILES string of the molecule is COc1ccc(NC(=O)C(NC(=O)CC(C)C)C(C)C)cc1OC(F)F. The molecule has 1 aromatic carbocycles. The number of carbonyl (C=O) groups is 2. The van der Waals surface area contributed by atoms with E-state index in [-0.39, 0.29) is 34.9 Å². The van der Waals surface area contributed by atoms with E-state index in [2.05, 4.69) is 15.4 Å². The number of rotatable bonds is 9. The van der Waals surface area contributed by atoms with Crippen LogP contribution >= 0.6 is 0 Å². The van der Waals surface area contributed by atoms with Crippen LogP contribution in [-0.2, 0) is 9.59 Å². The quantitative estimate of drug-likeness (QED) is 0.696. The zero-order chi connectivity index (χ0) is 19.9. The minimum atomic E-state index is -3.02. The van der Waals surface area contributed by atoms with Crippen molar-refractivity contribution < 1.29 is 27.8 Å². The Morgan fingerprint density at radius 3 is 2.27 bits per heavy atom. The van der Waals surface area contributed by atoms with Crippen molar-refractivity contribution in [1.82, 2.24) is 5.32 Å². The lowest BCUT2D eigenvalue weighted by Crippen LogP contribution is -2.47. The number of alkyl halides is 2. The fourth-order valence-corrected chi connectivity index (χ4v) is 2.30. The van der Waals surface area contributed by atoms with E-state index in [4.69, 9.17) is 4.74 Å². The van der Waals surface area contributed by atoms with Gasteiger partial charge in [-0.1, -0.05) is 27.7 Å². The topological polar surface area (TPSA) is 76.7 Å². The zero-order valence-corrected chi connectivity index (χ0v) is 15.6. The Morgan fingerprint density at radius 1 is 1.12 bits per heavy atom. The zero-order valence-electron chi connectivity index (χ0n) is 15.6. The van der Waals surface area contributed by atoms with E-state index in [1.54, 1.807) is 13.8 Å². The van der Waals surface area contributed by atoms with E-state index in [9.17, 15) is 18.4 Å². The molecule has 0 saturated carbocycles. The number of ether oxygens (including phenoxy) is 2. The Morgan fingerprint density at radius 2 is 1.77 bits per heavy atom. The van der Waals surface area contributed by atoms with Gasteiger partial charge in [0.2, 0.25) is 11.8 Å². The van der Waals surface area contributed by atoms with E-state index in [1.807, 2.05) is 13.8 Å². The maximum absolute atomic E-state index is 12.5. The van der Waals surface area contributed by atoms with E-state index >= 15 is 0 Å². The minimum Gasteiger partial charge on any atom is -0.493 e. The summed E-state index contributed by atoms with van der Waals surface area (Å²) in [6.45, 7) is 4.41. The largest absolute Gasteiger partial charge is 0.493 e. The summed E-state index contributed by atoms with van der Waals surface area (Å²) in [5, 5.41) is 5.32. The first-order chi connectivity index (χ1) is 12.1. The number of anilines is 1. The number of benzene rings is 1. The first kappa shape index (κ1) is 21.7. The average molecular weight is 372 g/mol. The fraction of sp³-hybridized carbons (Fsp3) is 0.556. The number of hydrogen-bond acceptors (Lipinski definition) is 4.